The first-order chi connectivity index (χ1) is 15.3. The Labute approximate surface area is 185 Å². The van der Waals surface area contributed by atoms with E-state index in [2.05, 4.69) is 10.6 Å². The van der Waals surface area contributed by atoms with Gasteiger partial charge in [-0.2, -0.15) is 26.3 Å². The number of benzene rings is 1. The predicted molar refractivity (Wildman–Crippen MR) is 108 cm³/mol. The van der Waals surface area contributed by atoms with E-state index in [1.54, 1.807) is 0 Å². The number of amides is 1. The number of alkyl halides is 6. The van der Waals surface area contributed by atoms with E-state index in [0.29, 0.717) is 0 Å². The molecule has 2 N–H and O–H groups in total. The van der Waals surface area contributed by atoms with Crippen molar-refractivity contribution < 1.29 is 36.1 Å². The molecular weight excluding hydrogens is 458 g/mol. The third-order valence-corrected chi connectivity index (χ3v) is 6.34. The Morgan fingerprint density at radius 2 is 1.64 bits per heavy atom. The zero-order valence-electron chi connectivity index (χ0n) is 17.7. The zero-order chi connectivity index (χ0) is 24.6. The second-order valence-electron chi connectivity index (χ2n) is 8.43. The van der Waals surface area contributed by atoms with Crippen molar-refractivity contribution in [2.45, 2.75) is 50.5 Å². The molecule has 7 nitrogen and oxygen atoms in total. The van der Waals surface area contributed by atoms with Gasteiger partial charge in [-0.3, -0.25) is 14.9 Å². The maximum atomic E-state index is 13.2. The summed E-state index contributed by atoms with van der Waals surface area (Å²) >= 11 is 0. The van der Waals surface area contributed by atoms with Gasteiger partial charge >= 0.3 is 12.4 Å². The van der Waals surface area contributed by atoms with E-state index < -0.39 is 53.3 Å². The summed E-state index contributed by atoms with van der Waals surface area (Å²) in [6, 6.07) is 1.71. The molecule has 1 aromatic rings. The minimum absolute atomic E-state index is 0.00210. The van der Waals surface area contributed by atoms with Crippen LogP contribution in [-0.4, -0.2) is 49.4 Å². The van der Waals surface area contributed by atoms with Crippen molar-refractivity contribution in [3.05, 3.63) is 27.8 Å². The van der Waals surface area contributed by atoms with Gasteiger partial charge in [0.1, 0.15) is 5.69 Å². The van der Waals surface area contributed by atoms with Crippen LogP contribution in [0.2, 0.25) is 0 Å². The summed E-state index contributed by atoms with van der Waals surface area (Å²) < 4.78 is 78.1. The van der Waals surface area contributed by atoms with E-state index in [-0.39, 0.29) is 55.6 Å². The number of nitro groups is 1. The minimum atomic E-state index is -4.42. The molecule has 0 aromatic heterocycles. The Morgan fingerprint density at radius 3 is 2.12 bits per heavy atom. The Hall–Kier alpha value is -2.73. The molecule has 3 rings (SSSR count). The number of anilines is 2. The number of nitro benzene ring substituents is 1. The highest BCUT2D eigenvalue weighted by atomic mass is 19.4. The molecule has 0 spiro atoms. The summed E-state index contributed by atoms with van der Waals surface area (Å²) in [6.45, 7) is -0.399. The molecular formula is C20H24F6N4O3. The standard InChI is InChI=1S/C20H24F6N4O3/c1-27-15-9-16(29-7-6-12(10-29)20(24,25)26)14(8-17(15)30(32)33)18(31)28-13-4-2-11(3-5-13)19(21,22)23/h8-9,11-13,27H,2-7,10H2,1H3,(H,28,31)/t11-,12?,13-. The monoisotopic (exact) mass is 482 g/mol. The molecule has 184 valence electrons. The van der Waals surface area contributed by atoms with Crippen LogP contribution in [0.25, 0.3) is 0 Å². The molecule has 33 heavy (non-hydrogen) atoms. The number of hydrogen-bond acceptors (Lipinski definition) is 5. The number of hydrogen-bond donors (Lipinski definition) is 2. The van der Waals surface area contributed by atoms with Crippen LogP contribution < -0.4 is 15.5 Å². The van der Waals surface area contributed by atoms with Crippen molar-refractivity contribution in [1.29, 1.82) is 0 Å². The molecule has 0 radical (unpaired) electrons. The summed E-state index contributed by atoms with van der Waals surface area (Å²) in [6.07, 6.45) is -9.04. The van der Waals surface area contributed by atoms with Gasteiger partial charge in [0.25, 0.3) is 11.6 Å². The Bertz CT molecular complexity index is 897. The van der Waals surface area contributed by atoms with E-state index in [0.717, 1.165) is 6.07 Å². The minimum Gasteiger partial charge on any atom is -0.383 e. The first kappa shape index (κ1) is 24.9. The van der Waals surface area contributed by atoms with Crippen molar-refractivity contribution in [3.8, 4) is 0 Å². The van der Waals surface area contributed by atoms with Gasteiger partial charge in [-0.05, 0) is 38.2 Å². The number of nitrogens with zero attached hydrogens (tertiary/aromatic N) is 2. The topological polar surface area (TPSA) is 87.5 Å². The molecule has 1 amide bonds. The van der Waals surface area contributed by atoms with Crippen LogP contribution in [0.4, 0.5) is 43.4 Å². The lowest BCUT2D eigenvalue weighted by Crippen LogP contribution is -2.40. The van der Waals surface area contributed by atoms with Crippen LogP contribution in [0.5, 0.6) is 0 Å². The SMILES string of the molecule is CNc1cc(N2CCC(C(F)(F)F)C2)c(C(=O)N[C@H]2CC[C@H](C(F)(F)F)CC2)cc1[N+](=O)[O-]. The molecule has 1 saturated carbocycles. The van der Waals surface area contributed by atoms with Crippen molar-refractivity contribution in [2.24, 2.45) is 11.8 Å². The quantitative estimate of drug-likeness (QED) is 0.355. The number of carbonyl (C=O) groups excluding carboxylic acids is 1. The van der Waals surface area contributed by atoms with Crippen LogP contribution >= 0.6 is 0 Å². The van der Waals surface area contributed by atoms with Crippen LogP contribution in [0.15, 0.2) is 12.1 Å². The molecule has 1 heterocycles. The summed E-state index contributed by atoms with van der Waals surface area (Å²) in [5.41, 5.74) is -0.467. The Morgan fingerprint density at radius 1 is 1.03 bits per heavy atom. The highest BCUT2D eigenvalue weighted by Gasteiger charge is 2.45. The second kappa shape index (κ2) is 9.26. The van der Waals surface area contributed by atoms with Gasteiger partial charge < -0.3 is 15.5 Å². The first-order valence-corrected chi connectivity index (χ1v) is 10.5. The van der Waals surface area contributed by atoms with E-state index in [1.165, 1.54) is 18.0 Å². The molecule has 1 aromatic carbocycles. The largest absolute Gasteiger partial charge is 0.393 e. The predicted octanol–water partition coefficient (Wildman–Crippen LogP) is 4.88. The number of rotatable bonds is 5. The maximum Gasteiger partial charge on any atom is 0.393 e. The summed E-state index contributed by atoms with van der Waals surface area (Å²) in [5.74, 6) is -3.80. The van der Waals surface area contributed by atoms with Gasteiger partial charge in [0.05, 0.1) is 28.0 Å². The lowest BCUT2D eigenvalue weighted by Gasteiger charge is -2.31. The molecule has 0 bridgehead atoms. The summed E-state index contributed by atoms with van der Waals surface area (Å²) in [5, 5.41) is 16.7. The fourth-order valence-corrected chi connectivity index (χ4v) is 4.45. The lowest BCUT2D eigenvalue weighted by molar-refractivity contribution is -0.384. The summed E-state index contributed by atoms with van der Waals surface area (Å²) in [4.78, 5) is 25.1. The smallest absolute Gasteiger partial charge is 0.383 e. The van der Waals surface area contributed by atoms with E-state index >= 15 is 0 Å². The average Bonchev–Trinajstić information content (AvgIpc) is 3.23. The summed E-state index contributed by atoms with van der Waals surface area (Å²) in [7, 11) is 1.41. The van der Waals surface area contributed by atoms with Gasteiger partial charge in [-0.15, -0.1) is 0 Å². The molecule has 2 aliphatic rings. The highest BCUT2D eigenvalue weighted by Crippen LogP contribution is 2.40. The molecule has 1 unspecified atom stereocenters. The van der Waals surface area contributed by atoms with Gasteiger partial charge in [-0.1, -0.05) is 0 Å². The van der Waals surface area contributed by atoms with Crippen molar-refractivity contribution in [1.82, 2.24) is 5.32 Å². The fourth-order valence-electron chi connectivity index (χ4n) is 4.45. The number of halogens is 6. The van der Waals surface area contributed by atoms with Crippen LogP contribution in [0.1, 0.15) is 42.5 Å². The van der Waals surface area contributed by atoms with Gasteiger partial charge in [0, 0.05) is 32.2 Å². The van der Waals surface area contributed by atoms with Gasteiger partial charge in [-0.25, -0.2) is 0 Å². The average molecular weight is 482 g/mol. The molecule has 13 heteroatoms. The van der Waals surface area contributed by atoms with Crippen molar-refractivity contribution in [2.75, 3.05) is 30.4 Å². The molecule has 2 fully saturated rings. The zero-order valence-corrected chi connectivity index (χ0v) is 17.7. The Kier molecular flexibility index (Phi) is 6.99. The maximum absolute atomic E-state index is 13.2. The van der Waals surface area contributed by atoms with Crippen LogP contribution in [-0.2, 0) is 0 Å². The third kappa shape index (κ3) is 5.61. The molecule has 1 atom stereocenters. The molecule has 1 aliphatic carbocycles. The number of carbonyl (C=O) groups is 1. The first-order valence-electron chi connectivity index (χ1n) is 10.5. The van der Waals surface area contributed by atoms with Gasteiger partial charge in [0.15, 0.2) is 0 Å². The third-order valence-electron chi connectivity index (χ3n) is 6.34. The van der Waals surface area contributed by atoms with E-state index in [1.807, 2.05) is 0 Å². The lowest BCUT2D eigenvalue weighted by atomic mass is 9.85. The second-order valence-corrected chi connectivity index (χ2v) is 8.43. The fraction of sp³-hybridized carbons (Fsp3) is 0.650. The van der Waals surface area contributed by atoms with Crippen molar-refractivity contribution in [3.63, 3.8) is 0 Å². The van der Waals surface area contributed by atoms with Gasteiger partial charge in [0.2, 0.25) is 0 Å². The van der Waals surface area contributed by atoms with Crippen molar-refractivity contribution >= 4 is 23.0 Å². The highest BCUT2D eigenvalue weighted by molar-refractivity contribution is 6.02. The van der Waals surface area contributed by atoms with Crippen LogP contribution in [0, 0.1) is 22.0 Å². The Balaban J connectivity index is 1.86. The van der Waals surface area contributed by atoms with E-state index in [9.17, 15) is 41.3 Å². The van der Waals surface area contributed by atoms with E-state index in [4.69, 9.17) is 0 Å². The normalized spacial score (nSPS) is 24.0. The van der Waals surface area contributed by atoms with Crippen LogP contribution in [0.3, 0.4) is 0 Å². The molecule has 1 aliphatic heterocycles. The number of nitrogens with one attached hydrogen (secondary N) is 2. The molecule has 1 saturated heterocycles.